The lowest BCUT2D eigenvalue weighted by Crippen LogP contribution is -2.41. The van der Waals surface area contributed by atoms with E-state index in [0.717, 1.165) is 25.1 Å². The van der Waals surface area contributed by atoms with Crippen LogP contribution in [0.4, 0.5) is 14.6 Å². The van der Waals surface area contributed by atoms with Gasteiger partial charge < -0.3 is 35.3 Å². The third kappa shape index (κ3) is 9.27. The van der Waals surface area contributed by atoms with E-state index in [9.17, 15) is 28.6 Å². The minimum Gasteiger partial charge on any atom is -0.427 e. The summed E-state index contributed by atoms with van der Waals surface area (Å²) >= 11 is 0. The summed E-state index contributed by atoms with van der Waals surface area (Å²) in [6.45, 7) is 3.04. The normalized spacial score (nSPS) is 28.0. The zero-order valence-electron chi connectivity index (χ0n) is 24.1. The van der Waals surface area contributed by atoms with Gasteiger partial charge in [-0.15, -0.1) is 0 Å². The van der Waals surface area contributed by atoms with Gasteiger partial charge in [0.1, 0.15) is 11.9 Å². The molecule has 2 saturated heterocycles. The quantitative estimate of drug-likeness (QED) is 0.144. The monoisotopic (exact) mass is 589 g/mol. The molecule has 2 aliphatic heterocycles. The van der Waals surface area contributed by atoms with Gasteiger partial charge >= 0.3 is 17.6 Å². The molecule has 0 saturated carbocycles. The number of carbonyl (C=O) groups is 1. The van der Waals surface area contributed by atoms with Gasteiger partial charge in [-0.3, -0.25) is 4.57 Å². The molecule has 1 aromatic heterocycles. The Morgan fingerprint density at radius 2 is 1.68 bits per heavy atom. The Bertz CT molecular complexity index is 1050. The number of nitrogens with two attached hydrogens (primary N) is 1. The Hall–Kier alpha value is -2.45. The van der Waals surface area contributed by atoms with Gasteiger partial charge in [-0.05, 0) is 18.9 Å². The van der Waals surface area contributed by atoms with Crippen molar-refractivity contribution >= 4 is 11.8 Å². The van der Waals surface area contributed by atoms with Crippen LogP contribution < -0.4 is 11.4 Å². The number of aliphatic hydroxyl groups excluding tert-OH is 3. The highest BCUT2D eigenvalue weighted by Crippen LogP contribution is 2.42. The average Bonchev–Trinajstić information content (AvgIpc) is 3.30. The summed E-state index contributed by atoms with van der Waals surface area (Å²) in [4.78, 5) is 26.5. The van der Waals surface area contributed by atoms with E-state index < -0.39 is 54.5 Å². The summed E-state index contributed by atoms with van der Waals surface area (Å²) in [6.07, 6.45) is 9.81. The second-order valence-electron chi connectivity index (χ2n) is 10.5. The minimum absolute atomic E-state index is 0.114. The number of hydrogen-bond donors (Lipinski definition) is 4. The van der Waals surface area contributed by atoms with E-state index in [2.05, 4.69) is 11.9 Å². The van der Waals surface area contributed by atoms with Gasteiger partial charge in [0.25, 0.3) is 0 Å². The van der Waals surface area contributed by atoms with E-state index in [-0.39, 0.29) is 5.82 Å². The first-order chi connectivity index (χ1) is 19.4. The van der Waals surface area contributed by atoms with Gasteiger partial charge in [0.15, 0.2) is 12.2 Å². The Balaban J connectivity index is 0.000000295. The molecule has 0 aromatic carbocycles. The lowest BCUT2D eigenvalue weighted by molar-refractivity contribution is -0.218. The van der Waals surface area contributed by atoms with E-state index >= 15 is 0 Å². The number of carbonyl (C=O) groups excluding carboxylic acids is 1. The highest BCUT2D eigenvalue weighted by molar-refractivity contribution is 5.92. The lowest BCUT2D eigenvalue weighted by atomic mass is 10.0. The molecule has 3 rings (SSSR count). The number of methoxy groups -OCH3 is 1. The molecule has 0 bridgehead atoms. The lowest BCUT2D eigenvalue weighted by Gasteiger charge is -2.23. The number of halogens is 2. The molecule has 11 nitrogen and oxygen atoms in total. The second-order valence-corrected chi connectivity index (χ2v) is 10.5. The fraction of sp³-hybridized carbons (Fsp3) is 0.750. The number of cyclic esters (lactones) is 1. The van der Waals surface area contributed by atoms with Crippen LogP contribution in [0.25, 0.3) is 0 Å². The van der Waals surface area contributed by atoms with Crippen LogP contribution >= 0.6 is 0 Å². The summed E-state index contributed by atoms with van der Waals surface area (Å²) < 4.78 is 42.9. The van der Waals surface area contributed by atoms with Crippen LogP contribution in [0.15, 0.2) is 28.7 Å². The minimum atomic E-state index is -3.71. The molecule has 41 heavy (non-hydrogen) atoms. The maximum absolute atomic E-state index is 13.7. The maximum atomic E-state index is 13.7. The molecule has 2 fully saturated rings. The number of ether oxygens (including phenoxy) is 3. The molecule has 0 spiro atoms. The second kappa shape index (κ2) is 16.3. The van der Waals surface area contributed by atoms with Gasteiger partial charge in [-0.2, -0.15) is 13.8 Å². The number of nitrogens with zero attached hydrogens (tertiary/aromatic N) is 2. The number of unbranched alkanes of at least 4 members (excludes halogenated alkanes) is 10. The molecular formula is C28H45F2N3O8. The average molecular weight is 590 g/mol. The van der Waals surface area contributed by atoms with Crippen molar-refractivity contribution in [2.24, 2.45) is 0 Å². The summed E-state index contributed by atoms with van der Waals surface area (Å²) in [5, 5.41) is 28.2. The summed E-state index contributed by atoms with van der Waals surface area (Å²) in [6, 6.07) is 1.15. The Labute approximate surface area is 239 Å². The number of alkyl halides is 2. The number of aliphatic hydroxyl groups is 3. The molecule has 0 unspecified atom stereocenters. The Kier molecular flexibility index (Phi) is 13.8. The van der Waals surface area contributed by atoms with Crippen molar-refractivity contribution in [3.05, 3.63) is 34.4 Å². The molecule has 13 heteroatoms. The van der Waals surface area contributed by atoms with Crippen molar-refractivity contribution in [1.29, 1.82) is 0 Å². The van der Waals surface area contributed by atoms with E-state index in [1.54, 1.807) is 6.92 Å². The molecule has 0 aliphatic carbocycles. The molecule has 2 aliphatic rings. The van der Waals surface area contributed by atoms with Crippen LogP contribution in [-0.2, 0) is 19.0 Å². The summed E-state index contributed by atoms with van der Waals surface area (Å²) in [5.41, 5.74) is 4.55. The Morgan fingerprint density at radius 1 is 1.10 bits per heavy atom. The van der Waals surface area contributed by atoms with Gasteiger partial charge in [0.2, 0.25) is 12.0 Å². The van der Waals surface area contributed by atoms with E-state index in [0.29, 0.717) is 10.1 Å². The number of aromatic nitrogens is 2. The summed E-state index contributed by atoms with van der Waals surface area (Å²) in [7, 11) is 1.43. The van der Waals surface area contributed by atoms with E-state index in [4.69, 9.17) is 25.1 Å². The van der Waals surface area contributed by atoms with Crippen LogP contribution in [0.2, 0.25) is 0 Å². The van der Waals surface area contributed by atoms with Crippen molar-refractivity contribution < 1.29 is 43.1 Å². The highest BCUT2D eigenvalue weighted by atomic mass is 19.3. The fourth-order valence-electron chi connectivity index (χ4n) is 4.65. The van der Waals surface area contributed by atoms with Crippen molar-refractivity contribution in [1.82, 2.24) is 9.55 Å². The number of hydrogen-bond acceptors (Lipinski definition) is 10. The molecule has 0 amide bonds. The highest BCUT2D eigenvalue weighted by Gasteiger charge is 2.59. The van der Waals surface area contributed by atoms with Crippen LogP contribution in [0.1, 0.15) is 90.7 Å². The standard InChI is InChI=1S/C19H34O4.C9H11F2N3O4/c1-4-5-6-7-8-9-10-11-12-13-14-15-16-17(20)19(2,22-3)23-18(16)21;10-9(11)6(16)4(3-15)18-7(9)14-2-1-5(12)13-8(14)17/h15,17,20H,4-14H2,1-3H3;1-2,4,6-7,15-16H,3H2,(H2,12,13,17)/b16-15-;/t17-,19-;4-,6-,7-/m11/s1. The first-order valence-corrected chi connectivity index (χ1v) is 14.3. The van der Waals surface area contributed by atoms with Crippen LogP contribution in [0.5, 0.6) is 0 Å². The SMILES string of the molecule is CCCCCCCCCCCC/C=C1\C(=O)O[C@@](C)(OC)[C@@H]1O.Nc1ccn([C@@H]2O[C@H](CO)[C@@H](O)C2(F)F)c(=O)n1. The molecular weight excluding hydrogens is 544 g/mol. The predicted molar refractivity (Wildman–Crippen MR) is 147 cm³/mol. The summed E-state index contributed by atoms with van der Waals surface area (Å²) in [5.74, 6) is -5.53. The molecule has 1 aromatic rings. The number of rotatable bonds is 14. The van der Waals surface area contributed by atoms with E-state index in [1.807, 2.05) is 6.08 Å². The third-order valence-electron chi connectivity index (χ3n) is 7.31. The number of esters is 1. The van der Waals surface area contributed by atoms with Crippen molar-refractivity contribution in [2.45, 2.75) is 121 Å². The van der Waals surface area contributed by atoms with Crippen LogP contribution in [0.3, 0.4) is 0 Å². The van der Waals surface area contributed by atoms with Gasteiger partial charge in [0, 0.05) is 20.2 Å². The van der Waals surface area contributed by atoms with Crippen molar-refractivity contribution in [2.75, 3.05) is 19.5 Å². The predicted octanol–water partition coefficient (Wildman–Crippen LogP) is 3.22. The molecule has 234 valence electrons. The van der Waals surface area contributed by atoms with Gasteiger partial charge in [-0.25, -0.2) is 9.59 Å². The number of anilines is 1. The van der Waals surface area contributed by atoms with Crippen LogP contribution in [0, 0.1) is 0 Å². The van der Waals surface area contributed by atoms with Crippen molar-refractivity contribution in [3.8, 4) is 0 Å². The smallest absolute Gasteiger partial charge is 0.351 e. The first-order valence-electron chi connectivity index (χ1n) is 14.3. The number of nitrogen functional groups attached to an aromatic ring is 1. The third-order valence-corrected chi connectivity index (χ3v) is 7.31. The zero-order valence-corrected chi connectivity index (χ0v) is 24.1. The number of allylic oxidation sites excluding steroid dienone is 1. The Morgan fingerprint density at radius 3 is 2.17 bits per heavy atom. The molecule has 5 atom stereocenters. The van der Waals surface area contributed by atoms with Gasteiger partial charge in [0.05, 0.1) is 12.2 Å². The molecule has 3 heterocycles. The first kappa shape index (κ1) is 34.7. The van der Waals surface area contributed by atoms with Gasteiger partial charge in [-0.1, -0.05) is 70.8 Å². The van der Waals surface area contributed by atoms with Crippen LogP contribution in [-0.4, -0.2) is 74.6 Å². The largest absolute Gasteiger partial charge is 0.427 e. The molecule has 0 radical (unpaired) electrons. The topological polar surface area (TPSA) is 166 Å². The van der Waals surface area contributed by atoms with E-state index in [1.165, 1.54) is 64.9 Å². The molecule has 5 N–H and O–H groups in total. The fourth-order valence-corrected chi connectivity index (χ4v) is 4.65. The van der Waals surface area contributed by atoms with Crippen molar-refractivity contribution in [3.63, 3.8) is 0 Å². The maximum Gasteiger partial charge on any atom is 0.351 e. The zero-order chi connectivity index (χ0) is 30.6.